The average molecular weight is 345 g/mol. The van der Waals surface area contributed by atoms with Crippen molar-refractivity contribution in [2.75, 3.05) is 11.9 Å². The lowest BCUT2D eigenvalue weighted by molar-refractivity contribution is -0.116. The Morgan fingerprint density at radius 3 is 2.62 bits per heavy atom. The Labute approximate surface area is 154 Å². The van der Waals surface area contributed by atoms with Gasteiger partial charge in [-0.3, -0.25) is 4.79 Å². The Morgan fingerprint density at radius 2 is 1.77 bits per heavy atom. The van der Waals surface area contributed by atoms with Crippen LogP contribution in [0.2, 0.25) is 0 Å². The molecule has 0 bridgehead atoms. The maximum absolute atomic E-state index is 12.5. The Balaban J connectivity index is 1.83. The van der Waals surface area contributed by atoms with Gasteiger partial charge < -0.3 is 10.1 Å². The van der Waals surface area contributed by atoms with E-state index in [2.05, 4.69) is 49.5 Å². The minimum Gasteiger partial charge on any atom is -0.493 e. The van der Waals surface area contributed by atoms with Crippen molar-refractivity contribution >= 4 is 22.4 Å². The molecule has 1 atom stereocenters. The molecule has 4 rings (SSSR count). The van der Waals surface area contributed by atoms with Gasteiger partial charge in [0.25, 0.3) is 0 Å². The van der Waals surface area contributed by atoms with Gasteiger partial charge in [-0.1, -0.05) is 68.4 Å². The number of fused-ring (bicyclic) bond motifs is 3. The van der Waals surface area contributed by atoms with Crippen LogP contribution in [0.25, 0.3) is 10.8 Å². The predicted octanol–water partition coefficient (Wildman–Crippen LogP) is 5.35. The van der Waals surface area contributed by atoms with Crippen LogP contribution in [0, 0.1) is 5.92 Å². The molecule has 1 amide bonds. The van der Waals surface area contributed by atoms with Gasteiger partial charge in [-0.05, 0) is 22.9 Å². The highest BCUT2D eigenvalue weighted by atomic mass is 16.5. The van der Waals surface area contributed by atoms with Crippen LogP contribution in [0.4, 0.5) is 5.69 Å². The molecule has 1 heterocycles. The molecule has 1 N–H and O–H groups in total. The van der Waals surface area contributed by atoms with E-state index in [4.69, 9.17) is 4.74 Å². The van der Waals surface area contributed by atoms with Crippen LogP contribution < -0.4 is 10.1 Å². The molecule has 0 saturated carbocycles. The van der Waals surface area contributed by atoms with Gasteiger partial charge in [0.1, 0.15) is 5.75 Å². The van der Waals surface area contributed by atoms with E-state index in [1.165, 1.54) is 0 Å². The van der Waals surface area contributed by atoms with Gasteiger partial charge in [0, 0.05) is 23.3 Å². The summed E-state index contributed by atoms with van der Waals surface area (Å²) in [6.45, 7) is 4.94. The molecule has 26 heavy (non-hydrogen) atoms. The van der Waals surface area contributed by atoms with Gasteiger partial charge in [-0.25, -0.2) is 0 Å². The van der Waals surface area contributed by atoms with Crippen LogP contribution >= 0.6 is 0 Å². The number of nitrogens with one attached hydrogen (secondary N) is 1. The predicted molar refractivity (Wildman–Crippen MR) is 106 cm³/mol. The van der Waals surface area contributed by atoms with Gasteiger partial charge in [0.15, 0.2) is 0 Å². The fraction of sp³-hybridized carbons (Fsp3) is 0.261. The first-order valence-electron chi connectivity index (χ1n) is 9.16. The maximum Gasteiger partial charge on any atom is 0.225 e. The summed E-state index contributed by atoms with van der Waals surface area (Å²) in [5, 5.41) is 5.31. The second-order valence-electron chi connectivity index (χ2n) is 7.30. The zero-order valence-corrected chi connectivity index (χ0v) is 15.2. The molecule has 1 aliphatic rings. The molecule has 0 aromatic heterocycles. The average Bonchev–Trinajstić information content (AvgIpc) is 2.66. The number of ether oxygens (including phenoxy) is 1. The molecule has 0 spiro atoms. The summed E-state index contributed by atoms with van der Waals surface area (Å²) in [5.41, 5.74) is 3.17. The molecule has 3 aromatic rings. The third-order valence-electron chi connectivity index (χ3n) is 4.86. The van der Waals surface area contributed by atoms with Gasteiger partial charge >= 0.3 is 0 Å². The Hall–Kier alpha value is -2.81. The highest BCUT2D eigenvalue weighted by molar-refractivity contribution is 6.06. The minimum atomic E-state index is 0.00622. The van der Waals surface area contributed by atoms with Crippen molar-refractivity contribution in [2.45, 2.75) is 26.2 Å². The number of para-hydroxylation sites is 1. The van der Waals surface area contributed by atoms with Crippen molar-refractivity contribution in [2.24, 2.45) is 5.92 Å². The van der Waals surface area contributed by atoms with Crippen LogP contribution in [0.15, 0.2) is 60.7 Å². The van der Waals surface area contributed by atoms with Crippen molar-refractivity contribution in [3.63, 3.8) is 0 Å². The third kappa shape index (κ3) is 3.05. The number of hydrogen-bond acceptors (Lipinski definition) is 2. The van der Waals surface area contributed by atoms with Gasteiger partial charge in [-0.15, -0.1) is 0 Å². The van der Waals surface area contributed by atoms with E-state index in [0.29, 0.717) is 18.9 Å². The second-order valence-corrected chi connectivity index (χ2v) is 7.30. The number of anilines is 1. The fourth-order valence-corrected chi connectivity index (χ4v) is 3.64. The monoisotopic (exact) mass is 345 g/mol. The summed E-state index contributed by atoms with van der Waals surface area (Å²) in [4.78, 5) is 12.5. The lowest BCUT2D eigenvalue weighted by Gasteiger charge is -2.28. The number of rotatable bonds is 4. The third-order valence-corrected chi connectivity index (χ3v) is 4.86. The zero-order valence-electron chi connectivity index (χ0n) is 15.2. The highest BCUT2D eigenvalue weighted by Gasteiger charge is 2.29. The first kappa shape index (κ1) is 16.6. The minimum absolute atomic E-state index is 0.00622. The van der Waals surface area contributed by atoms with Crippen molar-refractivity contribution < 1.29 is 9.53 Å². The van der Waals surface area contributed by atoms with E-state index in [0.717, 1.165) is 33.3 Å². The first-order chi connectivity index (χ1) is 12.6. The summed E-state index contributed by atoms with van der Waals surface area (Å²) in [5.74, 6) is 1.39. The maximum atomic E-state index is 12.5. The highest BCUT2D eigenvalue weighted by Crippen LogP contribution is 2.43. The lowest BCUT2D eigenvalue weighted by atomic mass is 9.83. The molecular weight excluding hydrogens is 322 g/mol. The van der Waals surface area contributed by atoms with Gasteiger partial charge in [0.2, 0.25) is 5.91 Å². The van der Waals surface area contributed by atoms with Crippen LogP contribution in [0.5, 0.6) is 5.75 Å². The fourth-order valence-electron chi connectivity index (χ4n) is 3.64. The topological polar surface area (TPSA) is 38.3 Å². The van der Waals surface area contributed by atoms with Crippen molar-refractivity contribution in [3.8, 4) is 5.75 Å². The van der Waals surface area contributed by atoms with Crippen LogP contribution in [0.3, 0.4) is 0 Å². The Kier molecular flexibility index (Phi) is 4.37. The molecule has 3 nitrogen and oxygen atoms in total. The van der Waals surface area contributed by atoms with E-state index >= 15 is 0 Å². The standard InChI is InChI=1S/C23H23NO2/c1-15(2)14-26-21-10-6-5-9-18(21)20-13-22(25)24-23-17-8-4-3-7-16(17)11-12-19(20)23/h3-12,15,20H,13-14H2,1-2H3,(H,24,25)/t20-/m1/s1. The van der Waals surface area contributed by atoms with Crippen molar-refractivity contribution in [3.05, 3.63) is 71.8 Å². The molecule has 1 aliphatic heterocycles. The normalized spacial score (nSPS) is 16.4. The molecule has 0 fully saturated rings. The second kappa shape index (κ2) is 6.83. The molecule has 0 aliphatic carbocycles. The number of benzene rings is 3. The zero-order chi connectivity index (χ0) is 18.1. The van der Waals surface area contributed by atoms with Crippen molar-refractivity contribution in [1.29, 1.82) is 0 Å². The van der Waals surface area contributed by atoms with Crippen LogP contribution in [0.1, 0.15) is 37.3 Å². The lowest BCUT2D eigenvalue weighted by Crippen LogP contribution is -2.24. The molecule has 3 heteroatoms. The quantitative estimate of drug-likeness (QED) is 0.692. The van der Waals surface area contributed by atoms with E-state index in [9.17, 15) is 4.79 Å². The van der Waals surface area contributed by atoms with Crippen molar-refractivity contribution in [1.82, 2.24) is 0 Å². The Morgan fingerprint density at radius 1 is 1.00 bits per heavy atom. The smallest absolute Gasteiger partial charge is 0.225 e. The molecule has 0 unspecified atom stereocenters. The molecule has 0 saturated heterocycles. The molecular formula is C23H23NO2. The Bertz CT molecular complexity index is 961. The van der Waals surface area contributed by atoms with E-state index in [-0.39, 0.29) is 11.8 Å². The SMILES string of the molecule is CC(C)COc1ccccc1[C@H]1CC(=O)Nc2c1ccc1ccccc21. The summed E-state index contributed by atoms with van der Waals surface area (Å²) in [6.07, 6.45) is 0.438. The number of amides is 1. The summed E-state index contributed by atoms with van der Waals surface area (Å²) >= 11 is 0. The summed E-state index contributed by atoms with van der Waals surface area (Å²) in [6, 6.07) is 20.5. The largest absolute Gasteiger partial charge is 0.493 e. The summed E-state index contributed by atoms with van der Waals surface area (Å²) < 4.78 is 6.06. The van der Waals surface area contributed by atoms with Crippen LogP contribution in [-0.2, 0) is 4.79 Å². The molecule has 3 aromatic carbocycles. The summed E-state index contributed by atoms with van der Waals surface area (Å²) in [7, 11) is 0. The van der Waals surface area contributed by atoms with Crippen LogP contribution in [-0.4, -0.2) is 12.5 Å². The number of carbonyl (C=O) groups excluding carboxylic acids is 1. The van der Waals surface area contributed by atoms with E-state index < -0.39 is 0 Å². The van der Waals surface area contributed by atoms with Gasteiger partial charge in [0.05, 0.1) is 12.3 Å². The molecule has 132 valence electrons. The number of carbonyl (C=O) groups is 1. The number of hydrogen-bond donors (Lipinski definition) is 1. The van der Waals surface area contributed by atoms with Gasteiger partial charge in [-0.2, -0.15) is 0 Å². The van der Waals surface area contributed by atoms with E-state index in [1.807, 2.05) is 30.3 Å². The molecule has 0 radical (unpaired) electrons. The van der Waals surface area contributed by atoms with E-state index in [1.54, 1.807) is 0 Å². The first-order valence-corrected chi connectivity index (χ1v) is 9.16.